The molecule has 0 bridgehead atoms. The van der Waals surface area contributed by atoms with Crippen molar-refractivity contribution in [2.24, 2.45) is 5.92 Å². The van der Waals surface area contributed by atoms with Crippen molar-refractivity contribution in [3.63, 3.8) is 0 Å². The molecule has 1 heterocycles. The quantitative estimate of drug-likeness (QED) is 0.536. The van der Waals surface area contributed by atoms with Gasteiger partial charge in [0.1, 0.15) is 28.5 Å². The number of hydrogen-bond acceptors (Lipinski definition) is 5. The molecule has 3 rings (SSSR count). The summed E-state index contributed by atoms with van der Waals surface area (Å²) in [6.07, 6.45) is 5.52. The van der Waals surface area contributed by atoms with Crippen LogP contribution in [0.3, 0.4) is 0 Å². The van der Waals surface area contributed by atoms with Crippen molar-refractivity contribution in [2.45, 2.75) is 39.5 Å². The number of thiophene rings is 1. The van der Waals surface area contributed by atoms with Gasteiger partial charge in [-0.2, -0.15) is 10.5 Å². The summed E-state index contributed by atoms with van der Waals surface area (Å²) < 4.78 is 5.65. The van der Waals surface area contributed by atoms with Crippen LogP contribution in [-0.2, 0) is 17.6 Å². The summed E-state index contributed by atoms with van der Waals surface area (Å²) in [5.74, 6) is 0.689. The Hall–Kier alpha value is -3.09. The maximum atomic E-state index is 12.6. The minimum Gasteiger partial charge on any atom is -0.493 e. The molecule has 29 heavy (non-hydrogen) atoms. The number of nitrogens with one attached hydrogen (secondary N) is 1. The summed E-state index contributed by atoms with van der Waals surface area (Å²) in [4.78, 5) is 13.8. The number of ether oxygens (including phenoxy) is 1. The SMILES string of the molecule is CC(C)COc1ccc(/C=C(/C#N)C(=O)Nc2sc3c(c2C#N)CCCC3)cc1. The highest BCUT2D eigenvalue weighted by molar-refractivity contribution is 7.16. The summed E-state index contributed by atoms with van der Waals surface area (Å²) in [6.45, 7) is 4.79. The van der Waals surface area contributed by atoms with Crippen molar-refractivity contribution < 1.29 is 9.53 Å². The summed E-state index contributed by atoms with van der Waals surface area (Å²) in [5.41, 5.74) is 2.33. The van der Waals surface area contributed by atoms with Crippen LogP contribution in [-0.4, -0.2) is 12.5 Å². The molecule has 2 aromatic rings. The van der Waals surface area contributed by atoms with Crippen LogP contribution in [0, 0.1) is 28.6 Å². The summed E-state index contributed by atoms with van der Waals surface area (Å²) >= 11 is 1.45. The average molecular weight is 406 g/mol. The van der Waals surface area contributed by atoms with Crippen LogP contribution in [0.1, 0.15) is 48.3 Å². The first-order valence-corrected chi connectivity index (χ1v) is 10.5. The standard InChI is InChI=1S/C23H23N3O2S/c1-15(2)14-28-18-9-7-16(8-10-18)11-17(12-24)22(27)26-23-20(13-25)19-5-3-4-6-21(19)29-23/h7-11,15H,3-6,14H2,1-2H3,(H,26,27)/b17-11-. The molecule has 0 radical (unpaired) electrons. The van der Waals surface area contributed by atoms with Gasteiger partial charge in [0.25, 0.3) is 5.91 Å². The Bertz CT molecular complexity index is 1000. The van der Waals surface area contributed by atoms with Crippen molar-refractivity contribution in [2.75, 3.05) is 11.9 Å². The number of benzene rings is 1. The van der Waals surface area contributed by atoms with E-state index in [0.29, 0.717) is 23.1 Å². The number of anilines is 1. The van der Waals surface area contributed by atoms with Gasteiger partial charge in [-0.15, -0.1) is 11.3 Å². The van der Waals surface area contributed by atoms with Crippen LogP contribution in [0.2, 0.25) is 0 Å². The molecule has 0 saturated carbocycles. The maximum absolute atomic E-state index is 12.6. The lowest BCUT2D eigenvalue weighted by Gasteiger charge is -2.09. The first-order valence-electron chi connectivity index (χ1n) is 9.72. The van der Waals surface area contributed by atoms with Gasteiger partial charge in [0.15, 0.2) is 0 Å². The van der Waals surface area contributed by atoms with E-state index in [0.717, 1.165) is 42.6 Å². The van der Waals surface area contributed by atoms with Gasteiger partial charge in [0, 0.05) is 4.88 Å². The minimum absolute atomic E-state index is 0.00360. The number of nitrogens with zero attached hydrogens (tertiary/aromatic N) is 2. The van der Waals surface area contributed by atoms with Crippen molar-refractivity contribution in [1.29, 1.82) is 10.5 Å². The Balaban J connectivity index is 1.75. The second-order valence-electron chi connectivity index (χ2n) is 7.42. The zero-order valence-electron chi connectivity index (χ0n) is 16.6. The fourth-order valence-electron chi connectivity index (χ4n) is 3.18. The number of rotatable bonds is 6. The summed E-state index contributed by atoms with van der Waals surface area (Å²) in [5, 5.41) is 22.3. The van der Waals surface area contributed by atoms with E-state index < -0.39 is 5.91 Å². The smallest absolute Gasteiger partial charge is 0.266 e. The molecule has 1 amide bonds. The van der Waals surface area contributed by atoms with Crippen molar-refractivity contribution in [3.8, 4) is 17.9 Å². The topological polar surface area (TPSA) is 85.9 Å². The second-order valence-corrected chi connectivity index (χ2v) is 8.53. The average Bonchev–Trinajstić information content (AvgIpc) is 3.08. The third-order valence-electron chi connectivity index (χ3n) is 4.65. The predicted molar refractivity (Wildman–Crippen MR) is 115 cm³/mol. The molecule has 148 valence electrons. The number of fused-ring (bicyclic) bond motifs is 1. The van der Waals surface area contributed by atoms with E-state index in [4.69, 9.17) is 4.74 Å². The Labute approximate surface area is 175 Å². The van der Waals surface area contributed by atoms with E-state index in [9.17, 15) is 15.3 Å². The Morgan fingerprint density at radius 1 is 1.24 bits per heavy atom. The first-order chi connectivity index (χ1) is 14.0. The van der Waals surface area contributed by atoms with E-state index in [1.807, 2.05) is 30.3 Å². The lowest BCUT2D eigenvalue weighted by molar-refractivity contribution is -0.112. The number of hydrogen-bond donors (Lipinski definition) is 1. The van der Waals surface area contributed by atoms with E-state index in [1.54, 1.807) is 6.08 Å². The third-order valence-corrected chi connectivity index (χ3v) is 5.86. The van der Waals surface area contributed by atoms with Gasteiger partial charge in [-0.3, -0.25) is 4.79 Å². The van der Waals surface area contributed by atoms with Crippen LogP contribution >= 0.6 is 11.3 Å². The van der Waals surface area contributed by atoms with Crippen molar-refractivity contribution in [3.05, 3.63) is 51.4 Å². The van der Waals surface area contributed by atoms with Crippen LogP contribution in [0.25, 0.3) is 6.08 Å². The van der Waals surface area contributed by atoms with Crippen LogP contribution < -0.4 is 10.1 Å². The predicted octanol–water partition coefficient (Wildman–Crippen LogP) is 5.08. The van der Waals surface area contributed by atoms with E-state index >= 15 is 0 Å². The molecule has 6 heteroatoms. The molecule has 1 aromatic carbocycles. The van der Waals surface area contributed by atoms with E-state index in [-0.39, 0.29) is 5.57 Å². The number of carbonyl (C=O) groups excluding carboxylic acids is 1. The highest BCUT2D eigenvalue weighted by Crippen LogP contribution is 2.37. The molecular weight excluding hydrogens is 382 g/mol. The normalized spacial score (nSPS) is 13.3. The van der Waals surface area contributed by atoms with Gasteiger partial charge in [-0.25, -0.2) is 0 Å². The lowest BCUT2D eigenvalue weighted by Crippen LogP contribution is -2.13. The molecule has 0 fully saturated rings. The Kier molecular flexibility index (Phi) is 6.69. The highest BCUT2D eigenvalue weighted by atomic mass is 32.1. The molecule has 1 N–H and O–H groups in total. The minimum atomic E-state index is -0.497. The van der Waals surface area contributed by atoms with E-state index in [2.05, 4.69) is 25.2 Å². The zero-order valence-corrected chi connectivity index (χ0v) is 17.4. The number of carbonyl (C=O) groups is 1. The largest absolute Gasteiger partial charge is 0.493 e. The monoisotopic (exact) mass is 405 g/mol. The molecule has 0 unspecified atom stereocenters. The molecule has 0 saturated heterocycles. The van der Waals surface area contributed by atoms with Gasteiger partial charge < -0.3 is 10.1 Å². The van der Waals surface area contributed by atoms with Crippen molar-refractivity contribution >= 4 is 28.3 Å². The summed E-state index contributed by atoms with van der Waals surface area (Å²) in [7, 11) is 0. The molecule has 0 spiro atoms. The first kappa shape index (κ1) is 20.6. The molecule has 0 aliphatic heterocycles. The molecule has 0 atom stereocenters. The van der Waals surface area contributed by atoms with Crippen LogP contribution in [0.5, 0.6) is 5.75 Å². The molecule has 1 aromatic heterocycles. The highest BCUT2D eigenvalue weighted by Gasteiger charge is 2.22. The molecule has 1 aliphatic carbocycles. The molecule has 1 aliphatic rings. The van der Waals surface area contributed by atoms with Gasteiger partial charge in [-0.05, 0) is 60.9 Å². The molecule has 5 nitrogen and oxygen atoms in total. The maximum Gasteiger partial charge on any atom is 0.266 e. The van der Waals surface area contributed by atoms with Crippen molar-refractivity contribution in [1.82, 2.24) is 0 Å². The second kappa shape index (κ2) is 9.41. The van der Waals surface area contributed by atoms with Gasteiger partial charge >= 0.3 is 0 Å². The lowest BCUT2D eigenvalue weighted by atomic mass is 9.96. The van der Waals surface area contributed by atoms with Crippen LogP contribution in [0.4, 0.5) is 5.00 Å². The third kappa shape index (κ3) is 5.04. The van der Waals surface area contributed by atoms with Crippen LogP contribution in [0.15, 0.2) is 29.8 Å². The Morgan fingerprint density at radius 2 is 1.97 bits per heavy atom. The molecular formula is C23H23N3O2S. The number of aryl methyl sites for hydroxylation is 1. The van der Waals surface area contributed by atoms with Gasteiger partial charge in [0.05, 0.1) is 12.2 Å². The van der Waals surface area contributed by atoms with Gasteiger partial charge in [-0.1, -0.05) is 26.0 Å². The number of nitriles is 2. The fourth-order valence-corrected chi connectivity index (χ4v) is 4.42. The number of amides is 1. The summed E-state index contributed by atoms with van der Waals surface area (Å²) in [6, 6.07) is 11.4. The van der Waals surface area contributed by atoms with E-state index in [1.165, 1.54) is 16.2 Å². The zero-order chi connectivity index (χ0) is 20.8. The Morgan fingerprint density at radius 3 is 2.62 bits per heavy atom. The van der Waals surface area contributed by atoms with Gasteiger partial charge in [0.2, 0.25) is 0 Å². The fraction of sp³-hybridized carbons (Fsp3) is 0.348.